The van der Waals surface area contributed by atoms with Crippen LogP contribution in [0.5, 0.6) is 0 Å². The zero-order chi connectivity index (χ0) is 11.7. The molecule has 0 saturated heterocycles. The molecule has 0 aromatic rings. The minimum Gasteiger partial charge on any atom is -0.481 e. The molecule has 6 nitrogen and oxygen atoms in total. The second-order valence-corrected chi connectivity index (χ2v) is 4.93. The third-order valence-electron chi connectivity index (χ3n) is 1.50. The highest BCUT2D eigenvalue weighted by atomic mass is 31.2. The molecule has 0 aliphatic rings. The molecule has 0 radical (unpaired) electrons. The van der Waals surface area contributed by atoms with Crippen molar-refractivity contribution >= 4 is 19.8 Å². The fourth-order valence-electron chi connectivity index (χ4n) is 0.938. The maximum atomic E-state index is 11.8. The first-order valence-electron chi connectivity index (χ1n) is 4.63. The molecule has 1 unspecified atom stereocenters. The van der Waals surface area contributed by atoms with Crippen molar-refractivity contribution < 1.29 is 23.5 Å². The molecule has 2 N–H and O–H groups in total. The predicted molar refractivity (Wildman–Crippen MR) is 55.7 cm³/mol. The smallest absolute Gasteiger partial charge is 0.331 e. The number of aliphatic carboxylic acids is 1. The third kappa shape index (κ3) is 7.25. The van der Waals surface area contributed by atoms with Crippen LogP contribution in [0.2, 0.25) is 0 Å². The average molecular weight is 237 g/mol. The van der Waals surface area contributed by atoms with E-state index in [-0.39, 0.29) is 32.2 Å². The largest absolute Gasteiger partial charge is 0.481 e. The van der Waals surface area contributed by atoms with Gasteiger partial charge in [-0.2, -0.15) is 0 Å². The van der Waals surface area contributed by atoms with Crippen LogP contribution in [0, 0.1) is 5.41 Å². The van der Waals surface area contributed by atoms with Crippen LogP contribution in [-0.4, -0.2) is 36.7 Å². The summed E-state index contributed by atoms with van der Waals surface area (Å²) in [6.45, 7) is 1.84. The molecule has 0 amide bonds. The molecule has 0 aromatic heterocycles. The van der Waals surface area contributed by atoms with Crippen molar-refractivity contribution in [2.24, 2.45) is 0 Å². The Morgan fingerprint density at radius 1 is 1.53 bits per heavy atom. The molecule has 0 aliphatic heterocycles. The number of carboxylic acids is 1. The maximum Gasteiger partial charge on any atom is 0.331 e. The van der Waals surface area contributed by atoms with E-state index in [4.69, 9.17) is 19.6 Å². The van der Waals surface area contributed by atoms with Crippen molar-refractivity contribution in [1.82, 2.24) is 0 Å². The standard InChI is InChI=1S/C8H16NO5P/c1-2-13-15(12,14-6-5-9)7-3-4-8(10)11/h5,9H,2-4,6-7H2,1H3,(H,10,11). The first kappa shape index (κ1) is 14.3. The van der Waals surface area contributed by atoms with Crippen LogP contribution < -0.4 is 0 Å². The zero-order valence-electron chi connectivity index (χ0n) is 8.64. The first-order valence-corrected chi connectivity index (χ1v) is 6.35. The SMILES string of the molecule is CCOP(=O)(CCCC(=O)O)OCC=N. The van der Waals surface area contributed by atoms with Gasteiger partial charge in [-0.05, 0) is 13.3 Å². The summed E-state index contributed by atoms with van der Waals surface area (Å²) in [6, 6.07) is 0. The van der Waals surface area contributed by atoms with Crippen LogP contribution in [0.3, 0.4) is 0 Å². The summed E-state index contributed by atoms with van der Waals surface area (Å²) in [5.41, 5.74) is 0. The van der Waals surface area contributed by atoms with Crippen LogP contribution in [0.4, 0.5) is 0 Å². The van der Waals surface area contributed by atoms with E-state index in [9.17, 15) is 9.36 Å². The topological polar surface area (TPSA) is 96.7 Å². The number of hydrogen-bond acceptors (Lipinski definition) is 5. The van der Waals surface area contributed by atoms with Gasteiger partial charge in [-0.25, -0.2) is 0 Å². The Labute approximate surface area is 88.6 Å². The molecule has 0 rings (SSSR count). The van der Waals surface area contributed by atoms with Crippen molar-refractivity contribution in [2.45, 2.75) is 19.8 Å². The Morgan fingerprint density at radius 3 is 2.67 bits per heavy atom. The number of carboxylic acid groups (broad SMARTS) is 1. The summed E-state index contributed by atoms with van der Waals surface area (Å²) in [6.07, 6.45) is 1.22. The second kappa shape index (κ2) is 7.56. The van der Waals surface area contributed by atoms with E-state index in [0.717, 1.165) is 6.21 Å². The monoisotopic (exact) mass is 237 g/mol. The van der Waals surface area contributed by atoms with Gasteiger partial charge in [0.2, 0.25) is 0 Å². The molecule has 0 heterocycles. The number of carbonyl (C=O) groups is 1. The molecule has 0 aromatic carbocycles. The molecule has 0 saturated carbocycles. The minimum absolute atomic E-state index is 0.0645. The number of nitrogens with one attached hydrogen (secondary N) is 1. The Morgan fingerprint density at radius 2 is 2.20 bits per heavy atom. The highest BCUT2D eigenvalue weighted by molar-refractivity contribution is 7.53. The Hall–Kier alpha value is -0.710. The quantitative estimate of drug-likeness (QED) is 0.470. The van der Waals surface area contributed by atoms with Crippen molar-refractivity contribution in [3.05, 3.63) is 0 Å². The summed E-state index contributed by atoms with van der Waals surface area (Å²) in [7, 11) is -3.21. The van der Waals surface area contributed by atoms with Crippen molar-refractivity contribution in [3.8, 4) is 0 Å². The van der Waals surface area contributed by atoms with E-state index in [2.05, 4.69) is 0 Å². The van der Waals surface area contributed by atoms with Gasteiger partial charge in [-0.3, -0.25) is 9.36 Å². The van der Waals surface area contributed by atoms with Crippen LogP contribution in [0.1, 0.15) is 19.8 Å². The predicted octanol–water partition coefficient (Wildman–Crippen LogP) is 1.75. The van der Waals surface area contributed by atoms with Gasteiger partial charge in [-0.15, -0.1) is 0 Å². The Bertz CT molecular complexity index is 255. The average Bonchev–Trinajstić information content (AvgIpc) is 2.15. The fraction of sp³-hybridized carbons (Fsp3) is 0.750. The maximum absolute atomic E-state index is 11.8. The third-order valence-corrected chi connectivity index (χ3v) is 3.56. The van der Waals surface area contributed by atoms with Gasteiger partial charge in [0, 0.05) is 12.6 Å². The molecule has 1 atom stereocenters. The van der Waals surface area contributed by atoms with E-state index in [1.54, 1.807) is 6.92 Å². The van der Waals surface area contributed by atoms with E-state index in [0.29, 0.717) is 0 Å². The molecule has 15 heavy (non-hydrogen) atoms. The molecule has 7 heteroatoms. The second-order valence-electron chi connectivity index (χ2n) is 2.75. The van der Waals surface area contributed by atoms with Gasteiger partial charge in [0.25, 0.3) is 0 Å². The molecular weight excluding hydrogens is 221 g/mol. The van der Waals surface area contributed by atoms with Crippen molar-refractivity contribution in [2.75, 3.05) is 19.4 Å². The molecule has 0 aliphatic carbocycles. The van der Waals surface area contributed by atoms with Crippen LogP contribution in [-0.2, 0) is 18.4 Å². The van der Waals surface area contributed by atoms with Gasteiger partial charge in [0.1, 0.15) is 0 Å². The van der Waals surface area contributed by atoms with E-state index in [1.807, 2.05) is 0 Å². The molecule has 0 fully saturated rings. The normalized spacial score (nSPS) is 14.5. The highest BCUT2D eigenvalue weighted by Crippen LogP contribution is 2.48. The number of rotatable bonds is 9. The summed E-state index contributed by atoms with van der Waals surface area (Å²) in [5.74, 6) is -0.940. The fourth-order valence-corrected chi connectivity index (χ4v) is 2.51. The Balaban J connectivity index is 4.05. The molecule has 0 bridgehead atoms. The van der Waals surface area contributed by atoms with Gasteiger partial charge >= 0.3 is 13.6 Å². The van der Waals surface area contributed by atoms with E-state index >= 15 is 0 Å². The number of hydrogen-bond donors (Lipinski definition) is 2. The Kier molecular flexibility index (Phi) is 7.21. The van der Waals surface area contributed by atoms with E-state index < -0.39 is 13.6 Å². The summed E-state index contributed by atoms with van der Waals surface area (Å²) in [5, 5.41) is 15.1. The minimum atomic E-state index is -3.21. The van der Waals surface area contributed by atoms with Crippen molar-refractivity contribution in [1.29, 1.82) is 5.41 Å². The van der Waals surface area contributed by atoms with Crippen molar-refractivity contribution in [3.63, 3.8) is 0 Å². The van der Waals surface area contributed by atoms with Crippen LogP contribution in [0.15, 0.2) is 0 Å². The summed E-state index contributed by atoms with van der Waals surface area (Å²) >= 11 is 0. The first-order chi connectivity index (χ1) is 7.04. The van der Waals surface area contributed by atoms with E-state index in [1.165, 1.54) is 0 Å². The lowest BCUT2D eigenvalue weighted by molar-refractivity contribution is -0.137. The van der Waals surface area contributed by atoms with Crippen LogP contribution in [0.25, 0.3) is 0 Å². The van der Waals surface area contributed by atoms with Gasteiger partial charge in [-0.1, -0.05) is 0 Å². The lowest BCUT2D eigenvalue weighted by Gasteiger charge is -2.15. The molecular formula is C8H16NO5P. The lowest BCUT2D eigenvalue weighted by Crippen LogP contribution is -2.04. The van der Waals surface area contributed by atoms with Gasteiger partial charge in [0.05, 0.1) is 19.4 Å². The zero-order valence-corrected chi connectivity index (χ0v) is 9.53. The summed E-state index contributed by atoms with van der Waals surface area (Å²) in [4.78, 5) is 10.2. The summed E-state index contributed by atoms with van der Waals surface area (Å²) < 4.78 is 21.7. The molecule has 0 spiro atoms. The highest BCUT2D eigenvalue weighted by Gasteiger charge is 2.23. The van der Waals surface area contributed by atoms with Crippen LogP contribution >= 0.6 is 7.60 Å². The van der Waals surface area contributed by atoms with Gasteiger partial charge < -0.3 is 19.6 Å². The lowest BCUT2D eigenvalue weighted by atomic mass is 10.3. The van der Waals surface area contributed by atoms with Gasteiger partial charge in [0.15, 0.2) is 0 Å². The molecule has 88 valence electrons.